The molecule has 1 aromatic rings. The van der Waals surface area contributed by atoms with Gasteiger partial charge in [0.2, 0.25) is 5.91 Å². The molecule has 1 aliphatic rings. The maximum Gasteiger partial charge on any atom is 0.251 e. The lowest BCUT2D eigenvalue weighted by molar-refractivity contribution is -0.136. The summed E-state index contributed by atoms with van der Waals surface area (Å²) in [4.78, 5) is 25.7. The fourth-order valence-electron chi connectivity index (χ4n) is 2.54. The highest BCUT2D eigenvalue weighted by Gasteiger charge is 2.23. The zero-order chi connectivity index (χ0) is 15.2. The topological polar surface area (TPSA) is 58.6 Å². The minimum absolute atomic E-state index is 0.0148. The van der Waals surface area contributed by atoms with Gasteiger partial charge in [-0.2, -0.15) is 0 Å². The van der Waals surface area contributed by atoms with Gasteiger partial charge in [-0.15, -0.1) is 0 Å². The Kier molecular flexibility index (Phi) is 5.33. The first-order valence-electron chi connectivity index (χ1n) is 7.24. The second kappa shape index (κ2) is 7.22. The van der Waals surface area contributed by atoms with Gasteiger partial charge in [0, 0.05) is 31.8 Å². The van der Waals surface area contributed by atoms with Crippen molar-refractivity contribution in [2.24, 2.45) is 0 Å². The molecule has 1 heterocycles. The van der Waals surface area contributed by atoms with Gasteiger partial charge in [-0.05, 0) is 31.9 Å². The van der Waals surface area contributed by atoms with Crippen LogP contribution in [0.25, 0.3) is 0 Å². The zero-order valence-electron chi connectivity index (χ0n) is 12.6. The van der Waals surface area contributed by atoms with Gasteiger partial charge in [0.25, 0.3) is 5.91 Å². The van der Waals surface area contributed by atoms with Crippen LogP contribution in [0.1, 0.15) is 28.8 Å². The predicted octanol–water partition coefficient (Wildman–Crippen LogP) is 1.36. The molecule has 5 heteroatoms. The molecule has 2 amide bonds. The molecule has 0 bridgehead atoms. The van der Waals surface area contributed by atoms with E-state index in [4.69, 9.17) is 4.74 Å². The van der Waals surface area contributed by atoms with Crippen molar-refractivity contribution in [2.75, 3.05) is 26.8 Å². The normalized spacial score (nSPS) is 15.8. The van der Waals surface area contributed by atoms with E-state index in [0.29, 0.717) is 18.7 Å². The summed E-state index contributed by atoms with van der Waals surface area (Å²) in [6.07, 6.45) is 1.57. The smallest absolute Gasteiger partial charge is 0.251 e. The molecule has 0 aromatic heterocycles. The molecule has 2 rings (SSSR count). The zero-order valence-corrected chi connectivity index (χ0v) is 12.6. The second-order valence-electron chi connectivity index (χ2n) is 5.43. The molecule has 1 aromatic carbocycles. The molecule has 0 aliphatic carbocycles. The first kappa shape index (κ1) is 15.5. The van der Waals surface area contributed by atoms with E-state index in [-0.39, 0.29) is 24.5 Å². The van der Waals surface area contributed by atoms with Crippen molar-refractivity contribution in [2.45, 2.75) is 25.8 Å². The number of aryl methyl sites for hydroxylation is 1. The fraction of sp³-hybridized carbons (Fsp3) is 0.500. The number of nitrogens with one attached hydrogen (secondary N) is 1. The fourth-order valence-corrected chi connectivity index (χ4v) is 2.54. The maximum atomic E-state index is 12.2. The second-order valence-corrected chi connectivity index (χ2v) is 5.43. The Morgan fingerprint density at radius 1 is 1.33 bits per heavy atom. The van der Waals surface area contributed by atoms with Crippen LogP contribution < -0.4 is 5.32 Å². The standard InChI is InChI=1S/C16H22N2O3/c1-12-4-3-5-13(10-12)16(20)17-14-6-8-18(9-7-14)15(19)11-21-2/h3-5,10,14H,6-9,11H2,1-2H3,(H,17,20). The summed E-state index contributed by atoms with van der Waals surface area (Å²) in [7, 11) is 1.52. The summed E-state index contributed by atoms with van der Waals surface area (Å²) in [5.74, 6) is -0.0265. The average Bonchev–Trinajstić information content (AvgIpc) is 2.48. The number of benzene rings is 1. The van der Waals surface area contributed by atoms with Crippen LogP contribution in [0.4, 0.5) is 0 Å². The molecule has 0 saturated carbocycles. The van der Waals surface area contributed by atoms with E-state index < -0.39 is 0 Å². The van der Waals surface area contributed by atoms with Crippen molar-refractivity contribution in [3.05, 3.63) is 35.4 Å². The number of ether oxygens (including phenoxy) is 1. The molecule has 21 heavy (non-hydrogen) atoms. The molecule has 1 N–H and O–H groups in total. The number of amides is 2. The summed E-state index contributed by atoms with van der Waals surface area (Å²) in [6, 6.07) is 7.68. The van der Waals surface area contributed by atoms with Crippen LogP contribution in [0.2, 0.25) is 0 Å². The van der Waals surface area contributed by atoms with Crippen molar-refractivity contribution in [3.63, 3.8) is 0 Å². The average molecular weight is 290 g/mol. The van der Waals surface area contributed by atoms with Crippen LogP contribution in [0, 0.1) is 6.92 Å². The van der Waals surface area contributed by atoms with Gasteiger partial charge in [0.1, 0.15) is 6.61 Å². The summed E-state index contributed by atoms with van der Waals surface area (Å²) < 4.78 is 4.86. The Morgan fingerprint density at radius 3 is 2.67 bits per heavy atom. The van der Waals surface area contributed by atoms with Gasteiger partial charge in [0.15, 0.2) is 0 Å². The predicted molar refractivity (Wildman–Crippen MR) is 80.1 cm³/mol. The van der Waals surface area contributed by atoms with Gasteiger partial charge in [-0.3, -0.25) is 9.59 Å². The van der Waals surface area contributed by atoms with E-state index in [0.717, 1.165) is 18.4 Å². The van der Waals surface area contributed by atoms with Crippen LogP contribution >= 0.6 is 0 Å². The molecule has 1 aliphatic heterocycles. The lowest BCUT2D eigenvalue weighted by atomic mass is 10.0. The SMILES string of the molecule is COCC(=O)N1CCC(NC(=O)c2cccc(C)c2)CC1. The highest BCUT2D eigenvalue weighted by molar-refractivity contribution is 5.94. The third-order valence-corrected chi connectivity index (χ3v) is 3.73. The van der Waals surface area contributed by atoms with Crippen LogP contribution in [0.3, 0.4) is 0 Å². The number of methoxy groups -OCH3 is 1. The van der Waals surface area contributed by atoms with Crippen LogP contribution in [0.15, 0.2) is 24.3 Å². The number of likely N-dealkylation sites (tertiary alicyclic amines) is 1. The third kappa shape index (κ3) is 4.29. The van der Waals surface area contributed by atoms with E-state index in [1.165, 1.54) is 7.11 Å². The molecule has 0 spiro atoms. The highest BCUT2D eigenvalue weighted by Crippen LogP contribution is 2.12. The summed E-state index contributed by atoms with van der Waals surface area (Å²) in [6.45, 7) is 3.43. The largest absolute Gasteiger partial charge is 0.375 e. The third-order valence-electron chi connectivity index (χ3n) is 3.73. The molecule has 5 nitrogen and oxygen atoms in total. The first-order valence-corrected chi connectivity index (χ1v) is 7.24. The lowest BCUT2D eigenvalue weighted by Crippen LogP contribution is -2.47. The summed E-state index contributed by atoms with van der Waals surface area (Å²) in [5, 5.41) is 3.05. The summed E-state index contributed by atoms with van der Waals surface area (Å²) in [5.41, 5.74) is 1.76. The van der Waals surface area contributed by atoms with Crippen molar-refractivity contribution in [3.8, 4) is 0 Å². The minimum Gasteiger partial charge on any atom is -0.375 e. The molecule has 1 fully saturated rings. The number of rotatable bonds is 4. The van der Waals surface area contributed by atoms with Gasteiger partial charge in [-0.1, -0.05) is 17.7 Å². The molecule has 0 unspecified atom stereocenters. The van der Waals surface area contributed by atoms with Gasteiger partial charge < -0.3 is 15.0 Å². The Morgan fingerprint density at radius 2 is 2.05 bits per heavy atom. The quantitative estimate of drug-likeness (QED) is 0.911. The number of hydrogen-bond acceptors (Lipinski definition) is 3. The van der Waals surface area contributed by atoms with E-state index in [9.17, 15) is 9.59 Å². The molecular formula is C16H22N2O3. The minimum atomic E-state index is -0.0413. The van der Waals surface area contributed by atoms with E-state index >= 15 is 0 Å². The number of carbonyl (C=O) groups is 2. The lowest BCUT2D eigenvalue weighted by Gasteiger charge is -2.32. The van der Waals surface area contributed by atoms with E-state index in [1.54, 1.807) is 4.90 Å². The highest BCUT2D eigenvalue weighted by atomic mass is 16.5. The van der Waals surface area contributed by atoms with E-state index in [2.05, 4.69) is 5.32 Å². The van der Waals surface area contributed by atoms with Gasteiger partial charge in [-0.25, -0.2) is 0 Å². The number of nitrogens with zero attached hydrogens (tertiary/aromatic N) is 1. The molecule has 1 saturated heterocycles. The maximum absolute atomic E-state index is 12.2. The molecule has 0 atom stereocenters. The van der Waals surface area contributed by atoms with Crippen molar-refractivity contribution in [1.29, 1.82) is 0 Å². The number of hydrogen-bond donors (Lipinski definition) is 1. The Balaban J connectivity index is 1.83. The van der Waals surface area contributed by atoms with Crippen LogP contribution in [-0.4, -0.2) is 49.6 Å². The van der Waals surface area contributed by atoms with Crippen LogP contribution in [0.5, 0.6) is 0 Å². The number of carbonyl (C=O) groups excluding carboxylic acids is 2. The molecular weight excluding hydrogens is 268 g/mol. The van der Waals surface area contributed by atoms with Gasteiger partial charge >= 0.3 is 0 Å². The van der Waals surface area contributed by atoms with Crippen molar-refractivity contribution >= 4 is 11.8 Å². The molecule has 0 radical (unpaired) electrons. The Bertz CT molecular complexity index is 508. The van der Waals surface area contributed by atoms with Gasteiger partial charge in [0.05, 0.1) is 0 Å². The first-order chi connectivity index (χ1) is 10.1. The Hall–Kier alpha value is -1.88. The molecule has 114 valence electrons. The number of piperidine rings is 1. The van der Waals surface area contributed by atoms with Crippen LogP contribution in [-0.2, 0) is 9.53 Å². The monoisotopic (exact) mass is 290 g/mol. The van der Waals surface area contributed by atoms with Crippen molar-refractivity contribution < 1.29 is 14.3 Å². The Labute approximate surface area is 125 Å². The summed E-state index contributed by atoms with van der Waals surface area (Å²) >= 11 is 0. The van der Waals surface area contributed by atoms with Crippen molar-refractivity contribution in [1.82, 2.24) is 10.2 Å². The van der Waals surface area contributed by atoms with E-state index in [1.807, 2.05) is 31.2 Å².